The smallest absolute Gasteiger partial charge is 0.407 e. The van der Waals surface area contributed by atoms with Gasteiger partial charge in [-0.05, 0) is 47.4 Å². The molecule has 13 nitrogen and oxygen atoms in total. The second kappa shape index (κ2) is 16.0. The van der Waals surface area contributed by atoms with Crippen LogP contribution in [0, 0.1) is 5.92 Å². The molecular formula is C33H43N3O10. The number of carboxylic acids is 1. The summed E-state index contributed by atoms with van der Waals surface area (Å²) in [6, 6.07) is 13.6. The first-order valence-corrected chi connectivity index (χ1v) is 15.5. The van der Waals surface area contributed by atoms with Crippen molar-refractivity contribution in [2.45, 2.75) is 82.1 Å². The van der Waals surface area contributed by atoms with E-state index in [1.165, 1.54) is 7.11 Å². The largest absolute Gasteiger partial charge is 0.480 e. The van der Waals surface area contributed by atoms with Gasteiger partial charge in [-0.2, -0.15) is 0 Å². The van der Waals surface area contributed by atoms with Crippen molar-refractivity contribution in [3.8, 4) is 11.1 Å². The number of hydrogen-bond donors (Lipinski definition) is 6. The van der Waals surface area contributed by atoms with E-state index in [1.807, 2.05) is 48.5 Å². The quantitative estimate of drug-likeness (QED) is 0.166. The van der Waals surface area contributed by atoms with E-state index in [1.54, 1.807) is 13.8 Å². The predicted molar refractivity (Wildman–Crippen MR) is 166 cm³/mol. The number of benzene rings is 2. The van der Waals surface area contributed by atoms with Crippen LogP contribution in [0.15, 0.2) is 48.5 Å². The van der Waals surface area contributed by atoms with Gasteiger partial charge in [0, 0.05) is 26.0 Å². The molecule has 1 aliphatic carbocycles. The molecule has 2 aliphatic rings. The summed E-state index contributed by atoms with van der Waals surface area (Å²) in [6.07, 6.45) is -4.60. The number of unbranched alkanes of at least 4 members (excludes halogenated alkanes) is 1. The number of amides is 3. The lowest BCUT2D eigenvalue weighted by molar-refractivity contribution is -0.253. The normalized spacial score (nSPS) is 21.9. The van der Waals surface area contributed by atoms with E-state index in [9.17, 15) is 34.5 Å². The zero-order chi connectivity index (χ0) is 33.4. The Balaban J connectivity index is 1.23. The fraction of sp³-hybridized carbons (Fsp3) is 0.515. The maximum absolute atomic E-state index is 13.1. The van der Waals surface area contributed by atoms with Crippen molar-refractivity contribution < 1.29 is 48.7 Å². The second-order valence-corrected chi connectivity index (χ2v) is 11.9. The number of fused-ring (bicyclic) bond motifs is 3. The van der Waals surface area contributed by atoms with E-state index >= 15 is 0 Å². The summed E-state index contributed by atoms with van der Waals surface area (Å²) >= 11 is 0. The molecule has 6 atom stereocenters. The van der Waals surface area contributed by atoms with Crippen molar-refractivity contribution in [1.29, 1.82) is 0 Å². The number of carboxylic acid groups (broad SMARTS) is 1. The van der Waals surface area contributed by atoms with Crippen molar-refractivity contribution in [2.24, 2.45) is 5.92 Å². The Morgan fingerprint density at radius 3 is 2.17 bits per heavy atom. The number of nitrogens with one attached hydrogen (secondary N) is 3. The van der Waals surface area contributed by atoms with Crippen LogP contribution >= 0.6 is 0 Å². The Bertz CT molecular complexity index is 1340. The molecule has 0 aromatic heterocycles. The van der Waals surface area contributed by atoms with Crippen molar-refractivity contribution >= 4 is 23.9 Å². The van der Waals surface area contributed by atoms with Gasteiger partial charge in [0.05, 0.1) is 6.10 Å². The first kappa shape index (κ1) is 34.8. The summed E-state index contributed by atoms with van der Waals surface area (Å²) in [5.74, 6) is -2.87. The van der Waals surface area contributed by atoms with Gasteiger partial charge >= 0.3 is 12.1 Å². The molecule has 0 spiro atoms. The second-order valence-electron chi connectivity index (χ2n) is 11.9. The molecule has 6 N–H and O–H groups in total. The molecule has 4 rings (SSSR count). The molecule has 1 saturated heterocycles. The Morgan fingerprint density at radius 2 is 1.59 bits per heavy atom. The topological polar surface area (TPSA) is 193 Å². The van der Waals surface area contributed by atoms with Crippen LogP contribution in [0.2, 0.25) is 0 Å². The van der Waals surface area contributed by atoms with Crippen LogP contribution in [0.5, 0.6) is 0 Å². The number of carbonyl (C=O) groups excluding carboxylic acids is 3. The first-order chi connectivity index (χ1) is 22.0. The maximum atomic E-state index is 13.1. The van der Waals surface area contributed by atoms with E-state index in [4.69, 9.17) is 14.2 Å². The third kappa shape index (κ3) is 8.40. The Kier molecular flexibility index (Phi) is 12.1. The highest BCUT2D eigenvalue weighted by molar-refractivity contribution is 5.89. The lowest BCUT2D eigenvalue weighted by Crippen LogP contribution is -2.54. The van der Waals surface area contributed by atoms with E-state index in [-0.39, 0.29) is 37.8 Å². The van der Waals surface area contributed by atoms with Gasteiger partial charge in [-0.1, -0.05) is 62.4 Å². The van der Waals surface area contributed by atoms with Crippen LogP contribution in [0.4, 0.5) is 4.79 Å². The SMILES string of the molecule is CO[C@@H]1OC(C(=O)NCCCC[C@H](NC(=O)C(NC(=O)OCC2c3ccccc3-c3ccccc32)C(C)C)C(=O)O)C[C@H](O)[C@H]1O. The van der Waals surface area contributed by atoms with Crippen molar-refractivity contribution in [1.82, 2.24) is 16.0 Å². The Hall–Kier alpha value is -4.04. The molecule has 0 bridgehead atoms. The minimum atomic E-state index is -1.26. The molecular weight excluding hydrogens is 598 g/mol. The van der Waals surface area contributed by atoms with Crippen molar-refractivity contribution in [3.05, 3.63) is 59.7 Å². The first-order valence-electron chi connectivity index (χ1n) is 15.5. The molecule has 13 heteroatoms. The average molecular weight is 642 g/mol. The third-order valence-corrected chi connectivity index (χ3v) is 8.35. The fourth-order valence-electron chi connectivity index (χ4n) is 5.82. The molecule has 250 valence electrons. The molecule has 1 fully saturated rings. The number of carbonyl (C=O) groups is 4. The maximum Gasteiger partial charge on any atom is 0.407 e. The number of methoxy groups -OCH3 is 1. The molecule has 2 unspecified atom stereocenters. The lowest BCUT2D eigenvalue weighted by atomic mass is 9.98. The van der Waals surface area contributed by atoms with Crippen LogP contribution in [0.1, 0.15) is 56.6 Å². The van der Waals surface area contributed by atoms with Crippen LogP contribution in [-0.4, -0.2) is 96.1 Å². The average Bonchev–Trinajstić information content (AvgIpc) is 3.36. The summed E-state index contributed by atoms with van der Waals surface area (Å²) in [7, 11) is 1.29. The Labute approximate surface area is 267 Å². The number of aliphatic hydroxyl groups is 2. The zero-order valence-electron chi connectivity index (χ0n) is 26.2. The summed E-state index contributed by atoms with van der Waals surface area (Å²) < 4.78 is 15.9. The summed E-state index contributed by atoms with van der Waals surface area (Å²) in [4.78, 5) is 50.3. The van der Waals surface area contributed by atoms with Crippen LogP contribution in [-0.2, 0) is 28.6 Å². The van der Waals surface area contributed by atoms with Gasteiger partial charge in [0.25, 0.3) is 0 Å². The number of alkyl carbamates (subject to hydrolysis) is 1. The molecule has 0 saturated carbocycles. The van der Waals surface area contributed by atoms with E-state index < -0.39 is 60.6 Å². The minimum absolute atomic E-state index is 0.0724. The highest BCUT2D eigenvalue weighted by atomic mass is 16.7. The number of rotatable bonds is 14. The summed E-state index contributed by atoms with van der Waals surface area (Å²) in [5.41, 5.74) is 4.29. The Morgan fingerprint density at radius 1 is 0.957 bits per heavy atom. The van der Waals surface area contributed by atoms with Crippen LogP contribution < -0.4 is 16.0 Å². The monoisotopic (exact) mass is 641 g/mol. The number of aliphatic carboxylic acids is 1. The van der Waals surface area contributed by atoms with Gasteiger partial charge in [0.2, 0.25) is 11.8 Å². The van der Waals surface area contributed by atoms with Gasteiger partial charge in [-0.3, -0.25) is 9.59 Å². The molecule has 46 heavy (non-hydrogen) atoms. The number of hydrogen-bond acceptors (Lipinski definition) is 9. The zero-order valence-corrected chi connectivity index (χ0v) is 26.2. The van der Waals surface area contributed by atoms with E-state index in [0.717, 1.165) is 22.3 Å². The molecule has 0 radical (unpaired) electrons. The van der Waals surface area contributed by atoms with Crippen molar-refractivity contribution in [3.63, 3.8) is 0 Å². The van der Waals surface area contributed by atoms with Gasteiger partial charge in [-0.25, -0.2) is 9.59 Å². The van der Waals surface area contributed by atoms with Crippen LogP contribution in [0.3, 0.4) is 0 Å². The van der Waals surface area contributed by atoms with Gasteiger partial charge in [0.1, 0.15) is 30.9 Å². The molecule has 1 aliphatic heterocycles. The van der Waals surface area contributed by atoms with Crippen LogP contribution in [0.25, 0.3) is 11.1 Å². The summed E-state index contributed by atoms with van der Waals surface area (Å²) in [5, 5.41) is 37.3. The number of ether oxygens (including phenoxy) is 3. The van der Waals surface area contributed by atoms with E-state index in [2.05, 4.69) is 16.0 Å². The molecule has 3 amide bonds. The number of aliphatic hydroxyl groups excluding tert-OH is 2. The predicted octanol–water partition coefficient (Wildman–Crippen LogP) is 1.89. The van der Waals surface area contributed by atoms with Crippen molar-refractivity contribution in [2.75, 3.05) is 20.3 Å². The third-order valence-electron chi connectivity index (χ3n) is 8.35. The fourth-order valence-corrected chi connectivity index (χ4v) is 5.82. The lowest BCUT2D eigenvalue weighted by Gasteiger charge is -2.35. The highest BCUT2D eigenvalue weighted by Crippen LogP contribution is 2.44. The standard InChI is InChI=1S/C33H43N3O10/c1-18(2)27(36-33(43)45-17-23-21-12-6-4-10-19(21)20-11-5-7-13-22(20)23)30(40)35-24(31(41)42)14-8-9-15-34-29(39)26-16-25(37)28(38)32(44-3)46-26/h4-7,10-13,18,23-28,32,37-38H,8-9,14-17H2,1-3H3,(H,34,39)(H,35,40)(H,36,43)(H,41,42)/t24-,25-,26?,27?,28+,32+/m0/s1. The molecule has 2 aromatic carbocycles. The van der Waals surface area contributed by atoms with Gasteiger partial charge in [0.15, 0.2) is 6.29 Å². The summed E-state index contributed by atoms with van der Waals surface area (Å²) in [6.45, 7) is 3.74. The minimum Gasteiger partial charge on any atom is -0.480 e. The van der Waals surface area contributed by atoms with Gasteiger partial charge < -0.3 is 45.5 Å². The highest BCUT2D eigenvalue weighted by Gasteiger charge is 2.40. The molecule has 1 heterocycles. The molecule has 2 aromatic rings. The van der Waals surface area contributed by atoms with Gasteiger partial charge in [-0.15, -0.1) is 0 Å². The van der Waals surface area contributed by atoms with E-state index in [0.29, 0.717) is 12.8 Å².